The summed E-state index contributed by atoms with van der Waals surface area (Å²) in [5.74, 6) is 2.17. The molecule has 98 valence electrons. The van der Waals surface area contributed by atoms with Gasteiger partial charge >= 0.3 is 0 Å². The lowest BCUT2D eigenvalue weighted by Gasteiger charge is -2.32. The third-order valence-electron chi connectivity index (χ3n) is 3.43. The van der Waals surface area contributed by atoms with Crippen molar-refractivity contribution in [3.8, 4) is 0 Å². The maximum absolute atomic E-state index is 11.6. The third kappa shape index (κ3) is 2.72. The van der Waals surface area contributed by atoms with Crippen LogP contribution >= 0.6 is 0 Å². The second-order valence-corrected chi connectivity index (χ2v) is 4.51. The molecule has 0 atom stereocenters. The molecular weight excluding hydrogens is 228 g/mol. The van der Waals surface area contributed by atoms with Crippen LogP contribution in [0.3, 0.4) is 0 Å². The minimum atomic E-state index is 0.152. The molecule has 1 aromatic rings. The summed E-state index contributed by atoms with van der Waals surface area (Å²) in [5.41, 5.74) is 0. The molecule has 2 heterocycles. The molecule has 2 rings (SSSR count). The van der Waals surface area contributed by atoms with E-state index in [1.807, 2.05) is 25.2 Å². The summed E-state index contributed by atoms with van der Waals surface area (Å²) in [6.45, 7) is 1.77. The van der Waals surface area contributed by atoms with Crippen LogP contribution in [-0.2, 0) is 4.79 Å². The molecule has 1 aliphatic heterocycles. The molecule has 2 N–H and O–H groups in total. The van der Waals surface area contributed by atoms with Crippen molar-refractivity contribution in [1.29, 1.82) is 0 Å². The molecule has 1 aromatic heterocycles. The normalized spacial score (nSPS) is 16.4. The molecule has 0 saturated carbocycles. The highest BCUT2D eigenvalue weighted by molar-refractivity contribution is 5.78. The Balaban J connectivity index is 1.98. The van der Waals surface area contributed by atoms with E-state index in [0.717, 1.165) is 37.6 Å². The van der Waals surface area contributed by atoms with Gasteiger partial charge in [-0.25, -0.2) is 4.98 Å². The van der Waals surface area contributed by atoms with Crippen molar-refractivity contribution in [2.45, 2.75) is 12.8 Å². The van der Waals surface area contributed by atoms with Crippen molar-refractivity contribution in [2.75, 3.05) is 37.4 Å². The highest BCUT2D eigenvalue weighted by Crippen LogP contribution is 2.22. The number of piperidine rings is 1. The molecule has 0 spiro atoms. The highest BCUT2D eigenvalue weighted by atomic mass is 16.1. The van der Waals surface area contributed by atoms with Crippen LogP contribution in [0.15, 0.2) is 18.2 Å². The van der Waals surface area contributed by atoms with E-state index >= 15 is 0 Å². The molecule has 18 heavy (non-hydrogen) atoms. The quantitative estimate of drug-likeness (QED) is 0.840. The first-order valence-corrected chi connectivity index (χ1v) is 6.36. The van der Waals surface area contributed by atoms with Gasteiger partial charge in [0, 0.05) is 33.1 Å². The Bertz CT molecular complexity index is 413. The fourth-order valence-corrected chi connectivity index (χ4v) is 2.31. The van der Waals surface area contributed by atoms with Gasteiger partial charge in [0.05, 0.1) is 0 Å². The predicted octanol–water partition coefficient (Wildman–Crippen LogP) is 1.09. The summed E-state index contributed by atoms with van der Waals surface area (Å²) in [7, 11) is 3.57. The number of hydrogen-bond acceptors (Lipinski definition) is 4. The maximum atomic E-state index is 11.6. The number of aromatic nitrogens is 1. The standard InChI is InChI=1S/C13H20N4O/c1-14-11-4-3-5-12(16-11)17-8-6-10(7-9-17)13(18)15-2/h3-5,10H,6-9H2,1-2H3,(H,14,16)(H,15,18). The first kappa shape index (κ1) is 12.7. The Hall–Kier alpha value is -1.78. The molecule has 5 nitrogen and oxygen atoms in total. The van der Waals surface area contributed by atoms with Gasteiger partial charge in [-0.1, -0.05) is 6.07 Å². The zero-order valence-corrected chi connectivity index (χ0v) is 10.9. The molecule has 5 heteroatoms. The lowest BCUT2D eigenvalue weighted by Crippen LogP contribution is -2.39. The largest absolute Gasteiger partial charge is 0.373 e. The zero-order valence-electron chi connectivity index (χ0n) is 10.9. The van der Waals surface area contributed by atoms with Crippen LogP contribution in [0.4, 0.5) is 11.6 Å². The SMILES string of the molecule is CNC(=O)C1CCN(c2cccc(NC)n2)CC1. The van der Waals surface area contributed by atoms with Crippen LogP contribution in [0.5, 0.6) is 0 Å². The van der Waals surface area contributed by atoms with Gasteiger partial charge in [-0.05, 0) is 25.0 Å². The van der Waals surface area contributed by atoms with E-state index in [-0.39, 0.29) is 11.8 Å². The fourth-order valence-electron chi connectivity index (χ4n) is 2.31. The average Bonchev–Trinajstić information content (AvgIpc) is 2.46. The van der Waals surface area contributed by atoms with Crippen molar-refractivity contribution >= 4 is 17.5 Å². The highest BCUT2D eigenvalue weighted by Gasteiger charge is 2.24. The lowest BCUT2D eigenvalue weighted by molar-refractivity contribution is -0.125. The lowest BCUT2D eigenvalue weighted by atomic mass is 9.96. The molecule has 1 aliphatic rings. The molecular formula is C13H20N4O. The Morgan fingerprint density at radius 3 is 2.67 bits per heavy atom. The summed E-state index contributed by atoms with van der Waals surface area (Å²) in [6, 6.07) is 5.96. The van der Waals surface area contributed by atoms with Crippen molar-refractivity contribution < 1.29 is 4.79 Å². The number of anilines is 2. The average molecular weight is 248 g/mol. The first-order chi connectivity index (χ1) is 8.74. The number of carbonyl (C=O) groups excluding carboxylic acids is 1. The summed E-state index contributed by atoms with van der Waals surface area (Å²) < 4.78 is 0. The monoisotopic (exact) mass is 248 g/mol. The number of pyridine rings is 1. The molecule has 0 bridgehead atoms. The van der Waals surface area contributed by atoms with E-state index in [1.54, 1.807) is 7.05 Å². The summed E-state index contributed by atoms with van der Waals surface area (Å²) in [6.07, 6.45) is 1.79. The Kier molecular flexibility index (Phi) is 4.02. The van der Waals surface area contributed by atoms with Gasteiger partial charge in [-0.15, -0.1) is 0 Å². The van der Waals surface area contributed by atoms with Crippen LogP contribution in [-0.4, -0.2) is 38.1 Å². The van der Waals surface area contributed by atoms with E-state index in [4.69, 9.17) is 0 Å². The van der Waals surface area contributed by atoms with Gasteiger partial charge in [0.25, 0.3) is 0 Å². The van der Waals surface area contributed by atoms with Gasteiger partial charge in [-0.2, -0.15) is 0 Å². The smallest absolute Gasteiger partial charge is 0.222 e. The Morgan fingerprint density at radius 1 is 1.33 bits per heavy atom. The van der Waals surface area contributed by atoms with Crippen LogP contribution in [0.2, 0.25) is 0 Å². The molecule has 0 aromatic carbocycles. The molecule has 0 aliphatic carbocycles. The second-order valence-electron chi connectivity index (χ2n) is 4.51. The molecule has 0 unspecified atom stereocenters. The van der Waals surface area contributed by atoms with Gasteiger partial charge in [0.2, 0.25) is 5.91 Å². The number of carbonyl (C=O) groups is 1. The van der Waals surface area contributed by atoms with E-state index < -0.39 is 0 Å². The van der Waals surface area contributed by atoms with Gasteiger partial charge in [0.1, 0.15) is 11.6 Å². The van der Waals surface area contributed by atoms with E-state index in [1.165, 1.54) is 0 Å². The Morgan fingerprint density at radius 2 is 2.06 bits per heavy atom. The maximum Gasteiger partial charge on any atom is 0.222 e. The Labute approximate surface area is 108 Å². The number of hydrogen-bond donors (Lipinski definition) is 2. The van der Waals surface area contributed by atoms with Crippen molar-refractivity contribution in [3.05, 3.63) is 18.2 Å². The van der Waals surface area contributed by atoms with E-state index in [2.05, 4.69) is 20.5 Å². The van der Waals surface area contributed by atoms with E-state index in [9.17, 15) is 4.79 Å². The topological polar surface area (TPSA) is 57.3 Å². The predicted molar refractivity (Wildman–Crippen MR) is 72.8 cm³/mol. The molecule has 0 radical (unpaired) electrons. The van der Waals surface area contributed by atoms with Crippen LogP contribution in [0, 0.1) is 5.92 Å². The number of amides is 1. The minimum absolute atomic E-state index is 0.152. The first-order valence-electron chi connectivity index (χ1n) is 6.36. The van der Waals surface area contributed by atoms with Crippen molar-refractivity contribution in [3.63, 3.8) is 0 Å². The fraction of sp³-hybridized carbons (Fsp3) is 0.538. The number of nitrogens with one attached hydrogen (secondary N) is 2. The zero-order chi connectivity index (χ0) is 13.0. The summed E-state index contributed by atoms with van der Waals surface area (Å²) in [4.78, 5) is 18.3. The molecule has 1 fully saturated rings. The third-order valence-corrected chi connectivity index (χ3v) is 3.43. The van der Waals surface area contributed by atoms with Crippen molar-refractivity contribution in [2.24, 2.45) is 5.92 Å². The van der Waals surface area contributed by atoms with E-state index in [0.29, 0.717) is 0 Å². The molecule has 1 amide bonds. The molecule has 1 saturated heterocycles. The minimum Gasteiger partial charge on any atom is -0.373 e. The van der Waals surface area contributed by atoms with Gasteiger partial charge < -0.3 is 15.5 Å². The van der Waals surface area contributed by atoms with Gasteiger partial charge in [-0.3, -0.25) is 4.79 Å². The summed E-state index contributed by atoms with van der Waals surface area (Å²) >= 11 is 0. The van der Waals surface area contributed by atoms with Crippen LogP contribution in [0.1, 0.15) is 12.8 Å². The van der Waals surface area contributed by atoms with Crippen LogP contribution < -0.4 is 15.5 Å². The second kappa shape index (κ2) is 5.71. The number of rotatable bonds is 3. The number of nitrogens with zero attached hydrogens (tertiary/aromatic N) is 2. The van der Waals surface area contributed by atoms with Crippen LogP contribution in [0.25, 0.3) is 0 Å². The van der Waals surface area contributed by atoms with Gasteiger partial charge in [0.15, 0.2) is 0 Å². The summed E-state index contributed by atoms with van der Waals surface area (Å²) in [5, 5.41) is 5.77. The van der Waals surface area contributed by atoms with Crippen molar-refractivity contribution in [1.82, 2.24) is 10.3 Å².